The maximum atomic E-state index is 13.4. The molecule has 1 heterocycles. The normalized spacial score (nSPS) is 15.5. The first-order valence-corrected chi connectivity index (χ1v) is 7.06. The molecule has 0 saturated heterocycles. The number of nitrogens with zero attached hydrogens (tertiary/aromatic N) is 1. The molecule has 1 saturated carbocycles. The lowest BCUT2D eigenvalue weighted by Crippen LogP contribution is -2.19. The van der Waals surface area contributed by atoms with Gasteiger partial charge in [-0.1, -0.05) is 0 Å². The van der Waals surface area contributed by atoms with Crippen molar-refractivity contribution in [3.8, 4) is 5.75 Å². The maximum absolute atomic E-state index is 13.4. The molecule has 6 heteroatoms. The van der Waals surface area contributed by atoms with Crippen molar-refractivity contribution in [3.63, 3.8) is 0 Å². The highest BCUT2D eigenvalue weighted by molar-refractivity contribution is 5.50. The number of hydrogen-bond acceptors (Lipinski definition) is 4. The molecule has 22 heavy (non-hydrogen) atoms. The molecule has 1 aromatic heterocycles. The number of pyridine rings is 1. The monoisotopic (exact) mass is 305 g/mol. The fraction of sp³-hybridized carbons (Fsp3) is 0.312. The zero-order chi connectivity index (χ0) is 15.7. The second-order valence-corrected chi connectivity index (χ2v) is 5.65. The average Bonchev–Trinajstić information content (AvgIpc) is 3.26. The highest BCUT2D eigenvalue weighted by Crippen LogP contribution is 2.48. The van der Waals surface area contributed by atoms with Crippen molar-refractivity contribution in [3.05, 3.63) is 53.2 Å². The number of aromatic nitrogens is 1. The molecule has 1 aliphatic carbocycles. The first-order chi connectivity index (χ1) is 10.5. The summed E-state index contributed by atoms with van der Waals surface area (Å²) in [6.07, 6.45) is 3.29. The van der Waals surface area contributed by atoms with Gasteiger partial charge in [-0.3, -0.25) is 0 Å². The van der Waals surface area contributed by atoms with Crippen LogP contribution in [0.5, 0.6) is 5.75 Å². The Labute approximate surface area is 127 Å². The number of hydrogen-bond donors (Lipinski definition) is 2. The van der Waals surface area contributed by atoms with Gasteiger partial charge >= 0.3 is 0 Å². The molecule has 1 aromatic carbocycles. The van der Waals surface area contributed by atoms with Gasteiger partial charge in [0.05, 0.1) is 6.61 Å². The first-order valence-electron chi connectivity index (χ1n) is 7.06. The van der Waals surface area contributed by atoms with Crippen LogP contribution in [0.1, 0.15) is 24.0 Å². The molecule has 2 aromatic rings. The van der Waals surface area contributed by atoms with E-state index in [1.54, 1.807) is 12.3 Å². The molecule has 0 unspecified atom stereocenters. The number of nitrogens with one attached hydrogen (secondary N) is 1. The Morgan fingerprint density at radius 1 is 1.27 bits per heavy atom. The van der Waals surface area contributed by atoms with E-state index in [1.807, 2.05) is 6.92 Å². The van der Waals surface area contributed by atoms with Gasteiger partial charge < -0.3 is 10.2 Å². The molecule has 0 radical (unpaired) electrons. The average molecular weight is 305 g/mol. The third kappa shape index (κ3) is 2.74. The summed E-state index contributed by atoms with van der Waals surface area (Å²) in [5.41, 5.74) is 3.64. The summed E-state index contributed by atoms with van der Waals surface area (Å²) in [5, 5.41) is 0. The van der Waals surface area contributed by atoms with E-state index in [0.29, 0.717) is 23.7 Å². The van der Waals surface area contributed by atoms with Crippen molar-refractivity contribution >= 4 is 5.82 Å². The van der Waals surface area contributed by atoms with Gasteiger partial charge in [-0.15, -0.1) is 0 Å². The molecule has 0 amide bonds. The maximum Gasteiger partial charge on any atom is 0.146 e. The molecule has 0 spiro atoms. The van der Waals surface area contributed by atoms with Crippen molar-refractivity contribution < 1.29 is 13.5 Å². The van der Waals surface area contributed by atoms with E-state index in [9.17, 15) is 8.78 Å². The first kappa shape index (κ1) is 14.7. The van der Waals surface area contributed by atoms with Crippen LogP contribution in [0.3, 0.4) is 0 Å². The van der Waals surface area contributed by atoms with Crippen molar-refractivity contribution in [2.24, 2.45) is 5.84 Å². The molecule has 0 atom stereocenters. The second-order valence-electron chi connectivity index (χ2n) is 5.65. The fourth-order valence-corrected chi connectivity index (χ4v) is 2.56. The van der Waals surface area contributed by atoms with Gasteiger partial charge in [0.15, 0.2) is 0 Å². The molecule has 4 nitrogen and oxygen atoms in total. The Morgan fingerprint density at radius 3 is 2.55 bits per heavy atom. The van der Waals surface area contributed by atoms with E-state index in [-0.39, 0.29) is 5.41 Å². The highest BCUT2D eigenvalue weighted by Gasteiger charge is 2.45. The van der Waals surface area contributed by atoms with E-state index in [2.05, 4.69) is 10.4 Å². The van der Waals surface area contributed by atoms with Gasteiger partial charge in [0.1, 0.15) is 23.2 Å². The number of rotatable bonds is 5. The van der Waals surface area contributed by atoms with Crippen LogP contribution in [0, 0.1) is 18.6 Å². The number of hydrazine groups is 1. The van der Waals surface area contributed by atoms with Gasteiger partial charge in [-0.2, -0.15) is 0 Å². The molecule has 3 rings (SSSR count). The summed E-state index contributed by atoms with van der Waals surface area (Å²) in [6.45, 7) is 2.21. The molecule has 0 aliphatic heterocycles. The summed E-state index contributed by atoms with van der Waals surface area (Å²) < 4.78 is 32.7. The van der Waals surface area contributed by atoms with Crippen LogP contribution >= 0.6 is 0 Å². The minimum atomic E-state index is -0.559. The Hall–Kier alpha value is -2.21. The van der Waals surface area contributed by atoms with Crippen LogP contribution < -0.4 is 16.0 Å². The number of halogens is 2. The zero-order valence-electron chi connectivity index (χ0n) is 12.2. The van der Waals surface area contributed by atoms with Crippen molar-refractivity contribution in [2.45, 2.75) is 25.2 Å². The van der Waals surface area contributed by atoms with E-state index in [1.165, 1.54) is 12.1 Å². The van der Waals surface area contributed by atoms with Gasteiger partial charge in [0.25, 0.3) is 0 Å². The van der Waals surface area contributed by atoms with Gasteiger partial charge in [-0.25, -0.2) is 19.6 Å². The third-order valence-corrected chi connectivity index (χ3v) is 4.12. The summed E-state index contributed by atoms with van der Waals surface area (Å²) in [4.78, 5) is 4.08. The second kappa shape index (κ2) is 5.53. The van der Waals surface area contributed by atoms with Crippen molar-refractivity contribution in [1.29, 1.82) is 0 Å². The molecular weight excluding hydrogens is 288 g/mol. The number of nitrogen functional groups attached to an aromatic ring is 1. The standard InChI is InChI=1S/C16H17F2N3O/c1-10-14(2-5-20-15(10)21-19)22-9-16(3-4-16)11-6-12(17)8-13(18)7-11/h2,5-8H,3-4,9,19H2,1H3,(H,20,21). The number of anilines is 1. The van der Waals surface area contributed by atoms with Gasteiger partial charge in [0.2, 0.25) is 0 Å². The Morgan fingerprint density at radius 2 is 1.95 bits per heavy atom. The highest BCUT2D eigenvalue weighted by atomic mass is 19.1. The Bertz CT molecular complexity index is 682. The van der Waals surface area contributed by atoms with Crippen LogP contribution in [0.2, 0.25) is 0 Å². The Balaban J connectivity index is 1.79. The molecule has 1 aliphatic rings. The largest absolute Gasteiger partial charge is 0.492 e. The topological polar surface area (TPSA) is 60.2 Å². The quantitative estimate of drug-likeness (QED) is 0.658. The zero-order valence-corrected chi connectivity index (χ0v) is 12.2. The van der Waals surface area contributed by atoms with Crippen LogP contribution in [0.25, 0.3) is 0 Å². The lowest BCUT2D eigenvalue weighted by molar-refractivity contribution is 0.275. The van der Waals surface area contributed by atoms with Crippen LogP contribution in [0.15, 0.2) is 30.5 Å². The minimum Gasteiger partial charge on any atom is -0.492 e. The third-order valence-electron chi connectivity index (χ3n) is 4.12. The lowest BCUT2D eigenvalue weighted by Gasteiger charge is -2.18. The molecule has 1 fully saturated rings. The SMILES string of the molecule is Cc1c(OCC2(c3cc(F)cc(F)c3)CC2)ccnc1NN. The van der Waals surface area contributed by atoms with Crippen LogP contribution in [-0.4, -0.2) is 11.6 Å². The van der Waals surface area contributed by atoms with Crippen LogP contribution in [-0.2, 0) is 5.41 Å². The Kier molecular flexibility index (Phi) is 3.70. The predicted octanol–water partition coefficient (Wildman–Crippen LogP) is 3.06. The molecular formula is C16H17F2N3O. The van der Waals surface area contributed by atoms with Gasteiger partial charge in [-0.05, 0) is 43.5 Å². The summed E-state index contributed by atoms with van der Waals surface area (Å²) in [7, 11) is 0. The molecule has 3 N–H and O–H groups in total. The lowest BCUT2D eigenvalue weighted by atomic mass is 9.96. The van der Waals surface area contributed by atoms with Crippen molar-refractivity contribution in [2.75, 3.05) is 12.0 Å². The van der Waals surface area contributed by atoms with Crippen LogP contribution in [0.4, 0.5) is 14.6 Å². The van der Waals surface area contributed by atoms with Crippen molar-refractivity contribution in [1.82, 2.24) is 4.98 Å². The molecule has 0 bridgehead atoms. The van der Waals surface area contributed by atoms with E-state index < -0.39 is 11.6 Å². The minimum absolute atomic E-state index is 0.311. The number of ether oxygens (including phenoxy) is 1. The number of benzene rings is 1. The predicted molar refractivity (Wildman–Crippen MR) is 79.5 cm³/mol. The molecule has 116 valence electrons. The van der Waals surface area contributed by atoms with E-state index >= 15 is 0 Å². The van der Waals surface area contributed by atoms with E-state index in [4.69, 9.17) is 10.6 Å². The summed E-state index contributed by atoms with van der Waals surface area (Å²) in [6, 6.07) is 5.39. The summed E-state index contributed by atoms with van der Waals surface area (Å²) >= 11 is 0. The summed E-state index contributed by atoms with van der Waals surface area (Å²) in [5.74, 6) is 5.47. The van der Waals surface area contributed by atoms with E-state index in [0.717, 1.165) is 24.5 Å². The van der Waals surface area contributed by atoms with Gasteiger partial charge in [0, 0.05) is 23.2 Å². The fourth-order valence-electron chi connectivity index (χ4n) is 2.56. The number of nitrogens with two attached hydrogens (primary N) is 1. The smallest absolute Gasteiger partial charge is 0.146 e.